The second-order valence-corrected chi connectivity index (χ2v) is 7.86. The molecule has 0 aromatic heterocycles. The average Bonchev–Trinajstić information content (AvgIpc) is 2.86. The minimum absolute atomic E-state index is 0.0141. The highest BCUT2D eigenvalue weighted by atomic mass is 31.1. The third-order valence-electron chi connectivity index (χ3n) is 3.37. The first-order valence-electron chi connectivity index (χ1n) is 7.16. The summed E-state index contributed by atoms with van der Waals surface area (Å²) in [5.41, 5.74) is 0.0141. The van der Waals surface area contributed by atoms with Gasteiger partial charge in [0.25, 0.3) is 0 Å². The maximum absolute atomic E-state index is 5.81. The van der Waals surface area contributed by atoms with E-state index < -0.39 is 7.92 Å². The summed E-state index contributed by atoms with van der Waals surface area (Å²) < 4.78 is 5.81. The van der Waals surface area contributed by atoms with Gasteiger partial charge in [-0.25, -0.2) is 0 Å². The lowest BCUT2D eigenvalue weighted by atomic mass is 10.1. The van der Waals surface area contributed by atoms with Crippen molar-refractivity contribution in [2.45, 2.75) is 19.4 Å². The molecule has 3 rings (SSSR count). The van der Waals surface area contributed by atoms with Gasteiger partial charge in [0.05, 0.1) is 5.54 Å². The second-order valence-electron chi connectivity index (χ2n) is 5.83. The van der Waals surface area contributed by atoms with Crippen LogP contribution in [-0.4, -0.2) is 12.1 Å². The van der Waals surface area contributed by atoms with Crippen molar-refractivity contribution in [1.82, 2.24) is 5.32 Å². The van der Waals surface area contributed by atoms with Gasteiger partial charge < -0.3 is 10.1 Å². The molecule has 0 amide bonds. The van der Waals surface area contributed by atoms with E-state index in [-0.39, 0.29) is 5.54 Å². The molecule has 2 aromatic carbocycles. The highest BCUT2D eigenvalue weighted by Crippen LogP contribution is 2.37. The molecule has 1 aliphatic rings. The molecule has 0 aliphatic carbocycles. The first kappa shape index (κ1) is 14.2. The van der Waals surface area contributed by atoms with Crippen LogP contribution < -0.4 is 15.9 Å². The Morgan fingerprint density at radius 3 is 1.90 bits per heavy atom. The molecule has 1 fully saturated rings. The van der Waals surface area contributed by atoms with Gasteiger partial charge >= 0.3 is 0 Å². The van der Waals surface area contributed by atoms with E-state index >= 15 is 0 Å². The quantitative estimate of drug-likeness (QED) is 0.878. The third-order valence-corrected chi connectivity index (χ3v) is 5.57. The zero-order valence-corrected chi connectivity index (χ0v) is 13.3. The molecule has 1 saturated heterocycles. The summed E-state index contributed by atoms with van der Waals surface area (Å²) in [7, 11) is -0.553. The van der Waals surface area contributed by atoms with Crippen LogP contribution in [0.2, 0.25) is 0 Å². The highest BCUT2D eigenvalue weighted by Gasteiger charge is 2.28. The van der Waals surface area contributed by atoms with E-state index in [0.717, 1.165) is 5.88 Å². The minimum Gasteiger partial charge on any atom is -0.477 e. The summed E-state index contributed by atoms with van der Waals surface area (Å²) in [5, 5.41) is 6.12. The SMILES string of the molecule is CC1(C)CO/C(=C/P(c2ccccc2)c2ccccc2)N1. The minimum atomic E-state index is -0.553. The lowest BCUT2D eigenvalue weighted by Gasteiger charge is -2.16. The van der Waals surface area contributed by atoms with E-state index in [1.807, 2.05) is 0 Å². The molecule has 108 valence electrons. The summed E-state index contributed by atoms with van der Waals surface area (Å²) in [5.74, 6) is 3.15. The lowest BCUT2D eigenvalue weighted by molar-refractivity contribution is 0.237. The van der Waals surface area contributed by atoms with Crippen molar-refractivity contribution in [1.29, 1.82) is 0 Å². The second kappa shape index (κ2) is 5.91. The Hall–Kier alpha value is -1.79. The molecule has 21 heavy (non-hydrogen) atoms. The average molecular weight is 297 g/mol. The van der Waals surface area contributed by atoms with Crippen LogP contribution in [0.15, 0.2) is 72.4 Å². The molecule has 1 aliphatic heterocycles. The van der Waals surface area contributed by atoms with Crippen molar-refractivity contribution in [3.05, 3.63) is 72.4 Å². The molecule has 0 spiro atoms. The van der Waals surface area contributed by atoms with Gasteiger partial charge in [-0.3, -0.25) is 0 Å². The van der Waals surface area contributed by atoms with Crippen molar-refractivity contribution < 1.29 is 4.74 Å². The van der Waals surface area contributed by atoms with E-state index in [1.54, 1.807) is 0 Å². The normalized spacial score (nSPS) is 18.5. The van der Waals surface area contributed by atoms with Gasteiger partial charge in [-0.05, 0) is 32.4 Å². The number of nitrogens with one attached hydrogen (secondary N) is 1. The largest absolute Gasteiger partial charge is 0.477 e. The summed E-state index contributed by atoms with van der Waals surface area (Å²) >= 11 is 0. The monoisotopic (exact) mass is 297 g/mol. The Kier molecular flexibility index (Phi) is 3.98. The summed E-state index contributed by atoms with van der Waals surface area (Å²) in [6.07, 6.45) is 0. The smallest absolute Gasteiger partial charge is 0.188 e. The Morgan fingerprint density at radius 2 is 1.48 bits per heavy atom. The van der Waals surface area contributed by atoms with Crippen molar-refractivity contribution in [3.63, 3.8) is 0 Å². The van der Waals surface area contributed by atoms with Gasteiger partial charge in [-0.2, -0.15) is 0 Å². The van der Waals surface area contributed by atoms with Crippen molar-refractivity contribution in [2.75, 3.05) is 6.61 Å². The molecule has 3 heteroatoms. The molecular weight excluding hydrogens is 277 g/mol. The van der Waals surface area contributed by atoms with Crippen LogP contribution in [0.5, 0.6) is 0 Å². The van der Waals surface area contributed by atoms with Crippen molar-refractivity contribution in [2.24, 2.45) is 0 Å². The highest BCUT2D eigenvalue weighted by molar-refractivity contribution is 7.75. The molecule has 2 nitrogen and oxygen atoms in total. The zero-order valence-electron chi connectivity index (χ0n) is 12.4. The number of benzene rings is 2. The molecule has 0 atom stereocenters. The van der Waals surface area contributed by atoms with Crippen molar-refractivity contribution in [3.8, 4) is 0 Å². The molecule has 1 heterocycles. The standard InChI is InChI=1S/C18H20NOP/c1-18(2)14-20-17(19-18)13-21(15-9-5-3-6-10-15)16-11-7-4-8-12-16/h3-13,19H,14H2,1-2H3/b17-13+. The number of hydrogen-bond acceptors (Lipinski definition) is 2. The van der Waals surface area contributed by atoms with Crippen LogP contribution in [0.1, 0.15) is 13.8 Å². The molecule has 1 N–H and O–H groups in total. The van der Waals surface area contributed by atoms with Gasteiger partial charge in [0, 0.05) is 5.82 Å². The number of rotatable bonds is 3. The topological polar surface area (TPSA) is 21.3 Å². The van der Waals surface area contributed by atoms with Crippen molar-refractivity contribution >= 4 is 18.5 Å². The maximum atomic E-state index is 5.81. The Bertz CT molecular complexity index is 583. The van der Waals surface area contributed by atoms with Gasteiger partial charge in [0.15, 0.2) is 5.88 Å². The fourth-order valence-electron chi connectivity index (χ4n) is 2.33. The molecule has 2 aromatic rings. The lowest BCUT2D eigenvalue weighted by Crippen LogP contribution is -2.34. The Morgan fingerprint density at radius 1 is 0.952 bits per heavy atom. The third kappa shape index (κ3) is 3.46. The van der Waals surface area contributed by atoms with Crippen LogP contribution >= 0.6 is 7.92 Å². The number of hydrogen-bond donors (Lipinski definition) is 1. The Labute approximate surface area is 127 Å². The summed E-state index contributed by atoms with van der Waals surface area (Å²) in [6, 6.07) is 21.3. The van der Waals surface area contributed by atoms with Crippen LogP contribution in [-0.2, 0) is 4.74 Å². The van der Waals surface area contributed by atoms with Crippen LogP contribution in [0, 0.1) is 0 Å². The van der Waals surface area contributed by atoms with E-state index in [4.69, 9.17) is 4.74 Å². The summed E-state index contributed by atoms with van der Waals surface area (Å²) in [6.45, 7) is 5.02. The fraction of sp³-hybridized carbons (Fsp3) is 0.222. The zero-order chi connectivity index (χ0) is 14.7. The molecule has 0 bridgehead atoms. The van der Waals surface area contributed by atoms with Crippen LogP contribution in [0.4, 0.5) is 0 Å². The first-order chi connectivity index (χ1) is 10.1. The van der Waals surface area contributed by atoms with Gasteiger partial charge in [-0.1, -0.05) is 60.7 Å². The molecule has 0 saturated carbocycles. The summed E-state index contributed by atoms with van der Waals surface area (Å²) in [4.78, 5) is 0. The Balaban J connectivity index is 1.96. The fourth-order valence-corrected chi connectivity index (χ4v) is 4.28. The van der Waals surface area contributed by atoms with E-state index in [0.29, 0.717) is 6.61 Å². The first-order valence-corrected chi connectivity index (χ1v) is 8.57. The van der Waals surface area contributed by atoms with Gasteiger partial charge in [0.2, 0.25) is 0 Å². The molecule has 0 unspecified atom stereocenters. The van der Waals surface area contributed by atoms with Gasteiger partial charge in [0.1, 0.15) is 6.61 Å². The van der Waals surface area contributed by atoms with Gasteiger partial charge in [-0.15, -0.1) is 0 Å². The van der Waals surface area contributed by atoms with E-state index in [1.165, 1.54) is 10.6 Å². The van der Waals surface area contributed by atoms with Crippen LogP contribution in [0.25, 0.3) is 0 Å². The predicted molar refractivity (Wildman–Crippen MR) is 90.3 cm³/mol. The van der Waals surface area contributed by atoms with E-state index in [9.17, 15) is 0 Å². The predicted octanol–water partition coefficient (Wildman–Crippen LogP) is 3.32. The molecule has 0 radical (unpaired) electrons. The van der Waals surface area contributed by atoms with Crippen LogP contribution in [0.3, 0.4) is 0 Å². The number of ether oxygens (including phenoxy) is 1. The maximum Gasteiger partial charge on any atom is 0.188 e. The van der Waals surface area contributed by atoms with E-state index in [2.05, 4.69) is 85.6 Å². The molecular formula is C18H20NOP.